The fraction of sp³-hybridized carbons (Fsp3) is 0.364. The number of urea groups is 1. The first-order valence-corrected chi connectivity index (χ1v) is 5.81. The van der Waals surface area contributed by atoms with Gasteiger partial charge in [-0.05, 0) is 31.5 Å². The lowest BCUT2D eigenvalue weighted by Gasteiger charge is -2.12. The van der Waals surface area contributed by atoms with Gasteiger partial charge in [0.05, 0.1) is 10.0 Å². The molecule has 0 radical (unpaired) electrons. The molecule has 1 aromatic rings. The number of hydrogen-bond donors (Lipinski definition) is 2. The highest BCUT2D eigenvalue weighted by Gasteiger charge is 2.06. The van der Waals surface area contributed by atoms with E-state index in [0.717, 1.165) is 6.42 Å². The zero-order valence-corrected chi connectivity index (χ0v) is 10.7. The third-order valence-electron chi connectivity index (χ3n) is 2.17. The molecule has 0 bridgehead atoms. The molecule has 5 heteroatoms. The summed E-state index contributed by atoms with van der Waals surface area (Å²) >= 11 is 11.6. The summed E-state index contributed by atoms with van der Waals surface area (Å²) in [6.07, 6.45) is 0.884. The van der Waals surface area contributed by atoms with Crippen molar-refractivity contribution in [1.29, 1.82) is 0 Å². The van der Waals surface area contributed by atoms with E-state index in [-0.39, 0.29) is 12.1 Å². The summed E-state index contributed by atoms with van der Waals surface area (Å²) in [6.45, 7) is 3.94. The molecule has 1 atom stereocenters. The minimum atomic E-state index is -0.243. The van der Waals surface area contributed by atoms with Crippen LogP contribution in [0.2, 0.25) is 10.0 Å². The van der Waals surface area contributed by atoms with Crippen LogP contribution in [0.25, 0.3) is 0 Å². The quantitative estimate of drug-likeness (QED) is 0.850. The van der Waals surface area contributed by atoms with Crippen molar-refractivity contribution < 1.29 is 4.79 Å². The average molecular weight is 261 g/mol. The van der Waals surface area contributed by atoms with Crippen LogP contribution in [0.15, 0.2) is 18.2 Å². The first-order valence-electron chi connectivity index (χ1n) is 5.05. The van der Waals surface area contributed by atoms with Gasteiger partial charge in [0.1, 0.15) is 0 Å². The van der Waals surface area contributed by atoms with Gasteiger partial charge in [-0.1, -0.05) is 30.1 Å². The molecular formula is C11H14Cl2N2O. The van der Waals surface area contributed by atoms with Crippen LogP contribution in [0.1, 0.15) is 20.3 Å². The van der Waals surface area contributed by atoms with E-state index < -0.39 is 0 Å². The van der Waals surface area contributed by atoms with Gasteiger partial charge in [-0.3, -0.25) is 0 Å². The highest BCUT2D eigenvalue weighted by atomic mass is 35.5. The number of hydrogen-bond acceptors (Lipinski definition) is 1. The Labute approximate surface area is 105 Å². The van der Waals surface area contributed by atoms with Gasteiger partial charge in [0.25, 0.3) is 0 Å². The van der Waals surface area contributed by atoms with Crippen LogP contribution in [0.4, 0.5) is 10.5 Å². The smallest absolute Gasteiger partial charge is 0.319 e. The zero-order valence-electron chi connectivity index (χ0n) is 9.18. The van der Waals surface area contributed by atoms with Gasteiger partial charge in [0.2, 0.25) is 0 Å². The maximum absolute atomic E-state index is 11.5. The normalized spacial score (nSPS) is 12.0. The van der Waals surface area contributed by atoms with Crippen molar-refractivity contribution in [2.45, 2.75) is 26.3 Å². The van der Waals surface area contributed by atoms with E-state index in [4.69, 9.17) is 23.2 Å². The Bertz CT molecular complexity index is 382. The standard InChI is InChI=1S/C11H14Cl2N2O/c1-3-7(2)14-11(16)15-8-4-5-9(12)10(13)6-8/h4-7H,3H2,1-2H3,(H2,14,15,16). The Morgan fingerprint density at radius 1 is 1.38 bits per heavy atom. The lowest BCUT2D eigenvalue weighted by Crippen LogP contribution is -2.35. The second-order valence-corrected chi connectivity index (χ2v) is 4.35. The summed E-state index contributed by atoms with van der Waals surface area (Å²) in [6, 6.07) is 4.85. The lowest BCUT2D eigenvalue weighted by molar-refractivity contribution is 0.249. The molecule has 0 spiro atoms. The number of rotatable bonds is 3. The maximum Gasteiger partial charge on any atom is 0.319 e. The fourth-order valence-corrected chi connectivity index (χ4v) is 1.37. The van der Waals surface area contributed by atoms with Crippen molar-refractivity contribution in [3.8, 4) is 0 Å². The molecule has 1 rings (SSSR count). The predicted octanol–water partition coefficient (Wildman–Crippen LogP) is 3.91. The molecule has 0 saturated heterocycles. The molecular weight excluding hydrogens is 247 g/mol. The van der Waals surface area contributed by atoms with Crippen LogP contribution in [0.5, 0.6) is 0 Å². The maximum atomic E-state index is 11.5. The fourth-order valence-electron chi connectivity index (χ4n) is 1.07. The van der Waals surface area contributed by atoms with E-state index >= 15 is 0 Å². The minimum absolute atomic E-state index is 0.141. The molecule has 88 valence electrons. The van der Waals surface area contributed by atoms with Gasteiger partial charge in [0, 0.05) is 11.7 Å². The van der Waals surface area contributed by atoms with E-state index in [1.165, 1.54) is 0 Å². The number of carbonyl (C=O) groups excluding carboxylic acids is 1. The molecule has 0 fully saturated rings. The molecule has 3 nitrogen and oxygen atoms in total. The van der Waals surface area contributed by atoms with Crippen LogP contribution in [-0.4, -0.2) is 12.1 Å². The van der Waals surface area contributed by atoms with Crippen molar-refractivity contribution in [2.24, 2.45) is 0 Å². The van der Waals surface area contributed by atoms with Gasteiger partial charge < -0.3 is 10.6 Å². The SMILES string of the molecule is CCC(C)NC(=O)Nc1ccc(Cl)c(Cl)c1. The Morgan fingerprint density at radius 3 is 2.62 bits per heavy atom. The van der Waals surface area contributed by atoms with Gasteiger partial charge in [-0.15, -0.1) is 0 Å². The lowest BCUT2D eigenvalue weighted by atomic mass is 10.3. The molecule has 0 aromatic heterocycles. The summed E-state index contributed by atoms with van der Waals surface area (Å²) in [7, 11) is 0. The van der Waals surface area contributed by atoms with Crippen LogP contribution < -0.4 is 10.6 Å². The predicted molar refractivity (Wildman–Crippen MR) is 68.4 cm³/mol. The van der Waals surface area contributed by atoms with Crippen molar-refractivity contribution >= 4 is 34.9 Å². The summed E-state index contributed by atoms with van der Waals surface area (Å²) in [5, 5.41) is 6.35. The number of nitrogens with one attached hydrogen (secondary N) is 2. The summed E-state index contributed by atoms with van der Waals surface area (Å²) < 4.78 is 0. The second-order valence-electron chi connectivity index (χ2n) is 3.54. The van der Waals surface area contributed by atoms with E-state index in [2.05, 4.69) is 10.6 Å². The monoisotopic (exact) mass is 260 g/mol. The minimum Gasteiger partial charge on any atom is -0.335 e. The Balaban J connectivity index is 2.59. The molecule has 1 unspecified atom stereocenters. The second kappa shape index (κ2) is 5.97. The molecule has 2 N–H and O–H groups in total. The highest BCUT2D eigenvalue weighted by molar-refractivity contribution is 6.42. The molecule has 0 saturated carbocycles. The molecule has 0 aliphatic rings. The molecule has 0 aliphatic heterocycles. The Hall–Kier alpha value is -0.930. The van der Waals surface area contributed by atoms with E-state index in [9.17, 15) is 4.79 Å². The Kier molecular flexibility index (Phi) is 4.90. The molecule has 1 aromatic carbocycles. The van der Waals surface area contributed by atoms with E-state index in [1.54, 1.807) is 18.2 Å². The first-order chi connectivity index (χ1) is 7.52. The third-order valence-corrected chi connectivity index (χ3v) is 2.91. The number of carbonyl (C=O) groups is 1. The van der Waals surface area contributed by atoms with Gasteiger partial charge in [0.15, 0.2) is 0 Å². The average Bonchev–Trinajstić information content (AvgIpc) is 2.23. The van der Waals surface area contributed by atoms with Crippen molar-refractivity contribution in [2.75, 3.05) is 5.32 Å². The highest BCUT2D eigenvalue weighted by Crippen LogP contribution is 2.24. The molecule has 0 aliphatic carbocycles. The molecule has 16 heavy (non-hydrogen) atoms. The topological polar surface area (TPSA) is 41.1 Å². The van der Waals surface area contributed by atoms with E-state index in [1.807, 2.05) is 13.8 Å². The molecule has 2 amide bonds. The van der Waals surface area contributed by atoms with E-state index in [0.29, 0.717) is 15.7 Å². The van der Waals surface area contributed by atoms with Crippen LogP contribution in [0, 0.1) is 0 Å². The van der Waals surface area contributed by atoms with Crippen molar-refractivity contribution in [1.82, 2.24) is 5.32 Å². The third kappa shape index (κ3) is 3.91. The number of amides is 2. The Morgan fingerprint density at radius 2 is 2.06 bits per heavy atom. The summed E-state index contributed by atoms with van der Waals surface area (Å²) in [4.78, 5) is 11.5. The largest absolute Gasteiger partial charge is 0.335 e. The van der Waals surface area contributed by atoms with Gasteiger partial charge in [-0.25, -0.2) is 4.79 Å². The zero-order chi connectivity index (χ0) is 12.1. The number of halogens is 2. The van der Waals surface area contributed by atoms with Crippen LogP contribution in [0.3, 0.4) is 0 Å². The van der Waals surface area contributed by atoms with Gasteiger partial charge >= 0.3 is 6.03 Å². The summed E-state index contributed by atoms with van der Waals surface area (Å²) in [5.41, 5.74) is 0.621. The molecule has 0 heterocycles. The van der Waals surface area contributed by atoms with Crippen LogP contribution in [-0.2, 0) is 0 Å². The number of benzene rings is 1. The van der Waals surface area contributed by atoms with Crippen LogP contribution >= 0.6 is 23.2 Å². The van der Waals surface area contributed by atoms with Gasteiger partial charge in [-0.2, -0.15) is 0 Å². The number of anilines is 1. The van der Waals surface area contributed by atoms with Crippen molar-refractivity contribution in [3.05, 3.63) is 28.2 Å². The van der Waals surface area contributed by atoms with Crippen molar-refractivity contribution in [3.63, 3.8) is 0 Å². The first kappa shape index (κ1) is 13.1. The summed E-state index contributed by atoms with van der Waals surface area (Å²) in [5.74, 6) is 0.